The van der Waals surface area contributed by atoms with E-state index in [4.69, 9.17) is 5.26 Å². The number of anilines is 1. The van der Waals surface area contributed by atoms with Gasteiger partial charge in [-0.05, 0) is 37.1 Å². The van der Waals surface area contributed by atoms with Crippen LogP contribution in [0.15, 0.2) is 22.7 Å². The fraction of sp³-hybridized carbons (Fsp3) is 0.333. The normalized spacial score (nSPS) is 11.6. The molecule has 1 aromatic rings. The van der Waals surface area contributed by atoms with Crippen molar-refractivity contribution in [2.24, 2.45) is 5.92 Å². The lowest BCUT2D eigenvalue weighted by Crippen LogP contribution is -2.19. The van der Waals surface area contributed by atoms with Crippen molar-refractivity contribution < 1.29 is 4.79 Å². The first-order valence-electron chi connectivity index (χ1n) is 5.07. The van der Waals surface area contributed by atoms with Crippen molar-refractivity contribution in [3.8, 4) is 6.07 Å². The molecule has 0 saturated carbocycles. The molecular weight excluding hydrogens is 268 g/mol. The molecule has 1 aromatic carbocycles. The fourth-order valence-electron chi connectivity index (χ4n) is 1.28. The summed E-state index contributed by atoms with van der Waals surface area (Å²) in [5.41, 5.74) is 1.82. The number of hydrogen-bond acceptors (Lipinski definition) is 2. The molecule has 4 heteroatoms. The average molecular weight is 281 g/mol. The molecular formula is C12H13BrN2O. The summed E-state index contributed by atoms with van der Waals surface area (Å²) in [4.78, 5) is 11.6. The van der Waals surface area contributed by atoms with E-state index in [1.807, 2.05) is 31.2 Å². The highest BCUT2D eigenvalue weighted by Gasteiger charge is 2.13. The molecule has 84 valence electrons. The minimum Gasteiger partial charge on any atom is -0.325 e. The molecule has 0 heterocycles. The van der Waals surface area contributed by atoms with Gasteiger partial charge in [-0.2, -0.15) is 5.26 Å². The Morgan fingerprint density at radius 2 is 2.31 bits per heavy atom. The molecule has 1 unspecified atom stereocenters. The summed E-state index contributed by atoms with van der Waals surface area (Å²) >= 11 is 3.38. The van der Waals surface area contributed by atoms with Gasteiger partial charge >= 0.3 is 0 Å². The molecule has 1 N–H and O–H groups in total. The zero-order valence-electron chi connectivity index (χ0n) is 9.25. The van der Waals surface area contributed by atoms with Gasteiger partial charge in [0.15, 0.2) is 0 Å². The van der Waals surface area contributed by atoms with Crippen LogP contribution < -0.4 is 5.32 Å². The van der Waals surface area contributed by atoms with Crippen molar-refractivity contribution >= 4 is 27.5 Å². The lowest BCUT2D eigenvalue weighted by molar-refractivity contribution is -0.117. The van der Waals surface area contributed by atoms with E-state index in [0.717, 1.165) is 22.1 Å². The number of benzene rings is 1. The second-order valence-electron chi connectivity index (χ2n) is 3.50. The summed E-state index contributed by atoms with van der Waals surface area (Å²) in [6.07, 6.45) is 0.829. The minimum absolute atomic E-state index is 0.264. The maximum absolute atomic E-state index is 11.6. The lowest BCUT2D eigenvalue weighted by Gasteiger charge is -2.11. The molecule has 0 aliphatic carbocycles. The van der Waals surface area contributed by atoms with Gasteiger partial charge in [-0.15, -0.1) is 0 Å². The third-order valence-corrected chi connectivity index (χ3v) is 2.79. The molecule has 0 saturated heterocycles. The number of aryl methyl sites for hydroxylation is 1. The molecule has 0 spiro atoms. The van der Waals surface area contributed by atoms with Gasteiger partial charge in [0.05, 0.1) is 6.07 Å². The SMILES string of the molecule is CCc1cc(Br)ccc1NC(=O)C(C)C#N. The van der Waals surface area contributed by atoms with Crippen LogP contribution in [-0.4, -0.2) is 5.91 Å². The standard InChI is InChI=1S/C12H13BrN2O/c1-3-9-6-10(13)4-5-11(9)15-12(16)8(2)7-14/h4-6,8H,3H2,1-2H3,(H,15,16). The van der Waals surface area contributed by atoms with Crippen molar-refractivity contribution in [3.05, 3.63) is 28.2 Å². The number of carbonyl (C=O) groups excluding carboxylic acids is 1. The van der Waals surface area contributed by atoms with Crippen molar-refractivity contribution in [3.63, 3.8) is 0 Å². The van der Waals surface area contributed by atoms with E-state index < -0.39 is 5.92 Å². The van der Waals surface area contributed by atoms with Crippen molar-refractivity contribution in [1.29, 1.82) is 5.26 Å². The Hall–Kier alpha value is -1.34. The predicted molar refractivity (Wildman–Crippen MR) is 66.9 cm³/mol. The highest BCUT2D eigenvalue weighted by molar-refractivity contribution is 9.10. The quantitative estimate of drug-likeness (QED) is 0.925. The van der Waals surface area contributed by atoms with Gasteiger partial charge in [-0.25, -0.2) is 0 Å². The van der Waals surface area contributed by atoms with E-state index in [2.05, 4.69) is 21.2 Å². The molecule has 1 atom stereocenters. The van der Waals surface area contributed by atoms with Crippen molar-refractivity contribution in [1.82, 2.24) is 0 Å². The Bertz CT molecular complexity index is 437. The summed E-state index contributed by atoms with van der Waals surface area (Å²) in [5, 5.41) is 11.4. The number of rotatable bonds is 3. The van der Waals surface area contributed by atoms with Crippen LogP contribution in [0.4, 0.5) is 5.69 Å². The smallest absolute Gasteiger partial charge is 0.241 e. The van der Waals surface area contributed by atoms with Gasteiger partial charge in [-0.1, -0.05) is 22.9 Å². The van der Waals surface area contributed by atoms with Crippen LogP contribution in [0.1, 0.15) is 19.4 Å². The largest absolute Gasteiger partial charge is 0.325 e. The summed E-state index contributed by atoms with van der Waals surface area (Å²) in [6, 6.07) is 7.58. The van der Waals surface area contributed by atoms with Crippen LogP contribution in [0.5, 0.6) is 0 Å². The van der Waals surface area contributed by atoms with Crippen molar-refractivity contribution in [2.75, 3.05) is 5.32 Å². The summed E-state index contributed by atoms with van der Waals surface area (Å²) < 4.78 is 0.982. The van der Waals surface area contributed by atoms with Crippen LogP contribution in [0.2, 0.25) is 0 Å². The Kier molecular flexibility index (Phi) is 4.51. The van der Waals surface area contributed by atoms with E-state index in [1.165, 1.54) is 0 Å². The summed E-state index contributed by atoms with van der Waals surface area (Å²) in [6.45, 7) is 3.60. The van der Waals surface area contributed by atoms with Crippen LogP contribution >= 0.6 is 15.9 Å². The zero-order chi connectivity index (χ0) is 12.1. The van der Waals surface area contributed by atoms with Crippen LogP contribution in [0.25, 0.3) is 0 Å². The van der Waals surface area contributed by atoms with E-state index >= 15 is 0 Å². The highest BCUT2D eigenvalue weighted by atomic mass is 79.9. The topological polar surface area (TPSA) is 52.9 Å². The van der Waals surface area contributed by atoms with E-state index in [-0.39, 0.29) is 5.91 Å². The fourth-order valence-corrected chi connectivity index (χ4v) is 1.68. The summed E-state index contributed by atoms with van der Waals surface area (Å²) in [5.74, 6) is -0.895. The lowest BCUT2D eigenvalue weighted by atomic mass is 10.1. The first-order valence-corrected chi connectivity index (χ1v) is 5.86. The maximum Gasteiger partial charge on any atom is 0.241 e. The third kappa shape index (κ3) is 3.07. The summed E-state index contributed by atoms with van der Waals surface area (Å²) in [7, 11) is 0. The first-order chi connectivity index (χ1) is 7.58. The number of nitriles is 1. The van der Waals surface area contributed by atoms with Gasteiger partial charge in [0.25, 0.3) is 0 Å². The number of nitrogens with one attached hydrogen (secondary N) is 1. The molecule has 0 fully saturated rings. The van der Waals surface area contributed by atoms with E-state index in [9.17, 15) is 4.79 Å². The van der Waals surface area contributed by atoms with E-state index in [0.29, 0.717) is 0 Å². The second-order valence-corrected chi connectivity index (χ2v) is 4.41. The number of nitrogens with zero attached hydrogens (tertiary/aromatic N) is 1. The van der Waals surface area contributed by atoms with Gasteiger partial charge in [-0.3, -0.25) is 4.79 Å². The van der Waals surface area contributed by atoms with Gasteiger partial charge in [0, 0.05) is 10.2 Å². The molecule has 1 rings (SSSR count). The Morgan fingerprint density at radius 1 is 1.62 bits per heavy atom. The number of hydrogen-bond donors (Lipinski definition) is 1. The molecule has 3 nitrogen and oxygen atoms in total. The van der Waals surface area contributed by atoms with Crippen LogP contribution in [0, 0.1) is 17.2 Å². The molecule has 0 radical (unpaired) electrons. The van der Waals surface area contributed by atoms with Crippen molar-refractivity contribution in [2.45, 2.75) is 20.3 Å². The number of halogens is 1. The molecule has 0 aliphatic heterocycles. The first kappa shape index (κ1) is 12.7. The molecule has 0 aromatic heterocycles. The molecule has 0 bridgehead atoms. The minimum atomic E-state index is -0.631. The Balaban J connectivity index is 2.90. The van der Waals surface area contributed by atoms with Gasteiger partial charge < -0.3 is 5.32 Å². The van der Waals surface area contributed by atoms with Crippen LogP contribution in [-0.2, 0) is 11.2 Å². The Labute approximate surface area is 104 Å². The van der Waals surface area contributed by atoms with E-state index in [1.54, 1.807) is 6.92 Å². The average Bonchev–Trinajstić information content (AvgIpc) is 2.30. The zero-order valence-corrected chi connectivity index (χ0v) is 10.8. The van der Waals surface area contributed by atoms with Crippen LogP contribution in [0.3, 0.4) is 0 Å². The molecule has 0 aliphatic rings. The molecule has 16 heavy (non-hydrogen) atoms. The van der Waals surface area contributed by atoms with Gasteiger partial charge in [0.1, 0.15) is 5.92 Å². The number of carbonyl (C=O) groups is 1. The monoisotopic (exact) mass is 280 g/mol. The second kappa shape index (κ2) is 5.66. The van der Waals surface area contributed by atoms with Gasteiger partial charge in [0.2, 0.25) is 5.91 Å². The maximum atomic E-state index is 11.6. The third-order valence-electron chi connectivity index (χ3n) is 2.29. The molecule has 1 amide bonds. The predicted octanol–water partition coefficient (Wildman–Crippen LogP) is 3.11. The Morgan fingerprint density at radius 3 is 2.88 bits per heavy atom. The highest BCUT2D eigenvalue weighted by Crippen LogP contribution is 2.22. The number of amides is 1.